The van der Waals surface area contributed by atoms with Crippen LogP contribution < -0.4 is 10.3 Å². The molecule has 0 fully saturated rings. The predicted octanol–water partition coefficient (Wildman–Crippen LogP) is 2.67. The highest BCUT2D eigenvalue weighted by Crippen LogP contribution is 2.27. The number of H-pyrrole nitrogens is 1. The molecule has 0 atom stereocenters. The topological polar surface area (TPSA) is 80.8 Å². The maximum atomic E-state index is 12.3. The fourth-order valence-electron chi connectivity index (χ4n) is 2.07. The Labute approximate surface area is 136 Å². The average molecular weight is 326 g/mol. The van der Waals surface area contributed by atoms with Crippen LogP contribution in [-0.4, -0.2) is 32.8 Å². The summed E-state index contributed by atoms with van der Waals surface area (Å²) in [6.45, 7) is 4.00. The molecule has 1 aromatic carbocycles. The summed E-state index contributed by atoms with van der Waals surface area (Å²) in [6, 6.07) is 7.36. The highest BCUT2D eigenvalue weighted by molar-refractivity contribution is 7.98. The third kappa shape index (κ3) is 3.09. The van der Waals surface area contributed by atoms with Crippen molar-refractivity contribution in [2.24, 2.45) is 0 Å². The predicted molar refractivity (Wildman–Crippen MR) is 90.9 cm³/mol. The molecule has 0 radical (unpaired) electrons. The van der Waals surface area contributed by atoms with E-state index in [9.17, 15) is 4.79 Å². The lowest BCUT2D eigenvalue weighted by Gasteiger charge is -2.09. The SMILES string of the molecule is C=CCOc1ccccc1-c1nc2nc(SC)ncc2c(=O)[nH]1. The molecule has 0 unspecified atom stereocenters. The van der Waals surface area contributed by atoms with Crippen molar-refractivity contribution in [3.63, 3.8) is 0 Å². The Morgan fingerprint density at radius 3 is 2.96 bits per heavy atom. The van der Waals surface area contributed by atoms with Crippen molar-refractivity contribution in [3.8, 4) is 17.1 Å². The van der Waals surface area contributed by atoms with Gasteiger partial charge in [0.2, 0.25) is 0 Å². The van der Waals surface area contributed by atoms with Crippen molar-refractivity contribution in [2.75, 3.05) is 12.9 Å². The zero-order valence-corrected chi connectivity index (χ0v) is 13.3. The lowest BCUT2D eigenvalue weighted by atomic mass is 10.2. The Morgan fingerprint density at radius 1 is 1.35 bits per heavy atom. The smallest absolute Gasteiger partial charge is 0.262 e. The highest BCUT2D eigenvalue weighted by atomic mass is 32.2. The number of para-hydroxylation sites is 1. The number of thioether (sulfide) groups is 1. The van der Waals surface area contributed by atoms with Gasteiger partial charge in [-0.2, -0.15) is 0 Å². The summed E-state index contributed by atoms with van der Waals surface area (Å²) in [6.07, 6.45) is 5.02. The van der Waals surface area contributed by atoms with E-state index in [1.807, 2.05) is 30.5 Å². The molecule has 0 amide bonds. The first kappa shape index (κ1) is 15.2. The van der Waals surface area contributed by atoms with Gasteiger partial charge in [-0.15, -0.1) is 0 Å². The first-order valence-electron chi connectivity index (χ1n) is 6.87. The van der Waals surface area contributed by atoms with Crippen LogP contribution in [0.1, 0.15) is 0 Å². The van der Waals surface area contributed by atoms with Crippen molar-refractivity contribution in [2.45, 2.75) is 5.16 Å². The van der Waals surface area contributed by atoms with Gasteiger partial charge in [-0.1, -0.05) is 36.5 Å². The molecular formula is C16H14N4O2S. The van der Waals surface area contributed by atoms with E-state index in [0.29, 0.717) is 39.9 Å². The minimum Gasteiger partial charge on any atom is -0.489 e. The molecular weight excluding hydrogens is 312 g/mol. The zero-order chi connectivity index (χ0) is 16.2. The second-order valence-electron chi connectivity index (χ2n) is 4.60. The number of fused-ring (bicyclic) bond motifs is 1. The van der Waals surface area contributed by atoms with Crippen molar-refractivity contribution in [1.29, 1.82) is 0 Å². The third-order valence-corrected chi connectivity index (χ3v) is 3.68. The van der Waals surface area contributed by atoms with Crippen LogP contribution in [0.3, 0.4) is 0 Å². The van der Waals surface area contributed by atoms with Crippen LogP contribution in [0.25, 0.3) is 22.4 Å². The molecule has 1 N–H and O–H groups in total. The molecule has 3 aromatic rings. The Morgan fingerprint density at radius 2 is 2.17 bits per heavy atom. The molecule has 116 valence electrons. The molecule has 3 rings (SSSR count). The number of rotatable bonds is 5. The van der Waals surface area contributed by atoms with E-state index < -0.39 is 0 Å². The lowest BCUT2D eigenvalue weighted by Crippen LogP contribution is -2.11. The summed E-state index contributed by atoms with van der Waals surface area (Å²) in [5, 5.41) is 0.925. The van der Waals surface area contributed by atoms with E-state index in [1.54, 1.807) is 6.08 Å². The van der Waals surface area contributed by atoms with Crippen LogP contribution in [0, 0.1) is 0 Å². The van der Waals surface area contributed by atoms with Crippen LogP contribution in [0.5, 0.6) is 5.75 Å². The van der Waals surface area contributed by atoms with Crippen LogP contribution in [0.4, 0.5) is 0 Å². The molecule has 0 aliphatic heterocycles. The summed E-state index contributed by atoms with van der Waals surface area (Å²) >= 11 is 1.40. The van der Waals surface area contributed by atoms with Gasteiger partial charge in [0.15, 0.2) is 10.8 Å². The molecule has 7 heteroatoms. The van der Waals surface area contributed by atoms with Gasteiger partial charge in [-0.3, -0.25) is 4.79 Å². The number of aromatic amines is 1. The maximum absolute atomic E-state index is 12.3. The van der Waals surface area contributed by atoms with E-state index in [1.165, 1.54) is 18.0 Å². The van der Waals surface area contributed by atoms with Gasteiger partial charge < -0.3 is 9.72 Å². The standard InChI is InChI=1S/C16H14N4O2S/c1-3-8-22-12-7-5-4-6-10(12)13-18-14-11(15(21)19-13)9-17-16(20-14)23-2/h3-7,9H,1,8H2,2H3,(H,17,18,19,20,21). The molecule has 0 aliphatic rings. The fourth-order valence-corrected chi connectivity index (χ4v) is 2.41. The first-order valence-corrected chi connectivity index (χ1v) is 8.09. The molecule has 0 bridgehead atoms. The molecule has 23 heavy (non-hydrogen) atoms. The maximum Gasteiger partial charge on any atom is 0.262 e. The summed E-state index contributed by atoms with van der Waals surface area (Å²) in [5.41, 5.74) is 0.774. The zero-order valence-electron chi connectivity index (χ0n) is 12.4. The highest BCUT2D eigenvalue weighted by Gasteiger charge is 2.12. The van der Waals surface area contributed by atoms with Crippen LogP contribution >= 0.6 is 11.8 Å². The van der Waals surface area contributed by atoms with Gasteiger partial charge >= 0.3 is 0 Å². The van der Waals surface area contributed by atoms with Gasteiger partial charge in [-0.05, 0) is 18.4 Å². The van der Waals surface area contributed by atoms with E-state index in [0.717, 1.165) is 0 Å². The minimum atomic E-state index is -0.281. The van der Waals surface area contributed by atoms with Crippen molar-refractivity contribution < 1.29 is 4.74 Å². The largest absolute Gasteiger partial charge is 0.489 e. The summed E-state index contributed by atoms with van der Waals surface area (Å²) < 4.78 is 5.62. The Kier molecular flexibility index (Phi) is 4.38. The summed E-state index contributed by atoms with van der Waals surface area (Å²) in [4.78, 5) is 27.9. The number of hydrogen-bond donors (Lipinski definition) is 1. The number of nitrogens with one attached hydrogen (secondary N) is 1. The molecule has 0 aliphatic carbocycles. The summed E-state index contributed by atoms with van der Waals surface area (Å²) in [7, 11) is 0. The molecule has 2 aromatic heterocycles. The molecule has 0 saturated carbocycles. The second-order valence-corrected chi connectivity index (χ2v) is 5.38. The van der Waals surface area contributed by atoms with Crippen LogP contribution in [0.15, 0.2) is 53.1 Å². The quantitative estimate of drug-likeness (QED) is 0.441. The lowest BCUT2D eigenvalue weighted by molar-refractivity contribution is 0.364. The van der Waals surface area contributed by atoms with Gasteiger partial charge in [0, 0.05) is 6.20 Å². The first-order chi connectivity index (χ1) is 11.2. The van der Waals surface area contributed by atoms with Crippen LogP contribution in [-0.2, 0) is 0 Å². The summed E-state index contributed by atoms with van der Waals surface area (Å²) in [5.74, 6) is 1.03. The molecule has 2 heterocycles. The molecule has 6 nitrogen and oxygen atoms in total. The minimum absolute atomic E-state index is 0.281. The molecule has 0 spiro atoms. The fraction of sp³-hybridized carbons (Fsp3) is 0.125. The normalized spacial score (nSPS) is 10.7. The van der Waals surface area contributed by atoms with E-state index in [2.05, 4.69) is 26.5 Å². The molecule has 0 saturated heterocycles. The Balaban J connectivity index is 2.17. The average Bonchev–Trinajstić information content (AvgIpc) is 2.59. The number of aromatic nitrogens is 4. The van der Waals surface area contributed by atoms with Crippen molar-refractivity contribution >= 4 is 22.8 Å². The van der Waals surface area contributed by atoms with Crippen molar-refractivity contribution in [3.05, 3.63) is 53.5 Å². The van der Waals surface area contributed by atoms with E-state index >= 15 is 0 Å². The Hall–Kier alpha value is -2.67. The number of hydrogen-bond acceptors (Lipinski definition) is 6. The van der Waals surface area contributed by atoms with Gasteiger partial charge in [0.05, 0.1) is 5.56 Å². The monoisotopic (exact) mass is 326 g/mol. The third-order valence-electron chi connectivity index (χ3n) is 3.12. The Bertz CT molecular complexity index is 923. The van der Waals surface area contributed by atoms with Gasteiger partial charge in [-0.25, -0.2) is 15.0 Å². The second kappa shape index (κ2) is 6.62. The number of benzene rings is 1. The number of ether oxygens (including phenoxy) is 1. The van der Waals surface area contributed by atoms with Gasteiger partial charge in [0.25, 0.3) is 5.56 Å². The van der Waals surface area contributed by atoms with E-state index in [-0.39, 0.29) is 5.56 Å². The van der Waals surface area contributed by atoms with Crippen molar-refractivity contribution in [1.82, 2.24) is 19.9 Å². The van der Waals surface area contributed by atoms with E-state index in [4.69, 9.17) is 4.74 Å². The van der Waals surface area contributed by atoms with Gasteiger partial charge in [0.1, 0.15) is 23.6 Å². The number of nitrogens with zero attached hydrogens (tertiary/aromatic N) is 3. The van der Waals surface area contributed by atoms with Crippen LogP contribution in [0.2, 0.25) is 0 Å².